The molecule has 1 aliphatic heterocycles. The van der Waals surface area contributed by atoms with E-state index in [2.05, 4.69) is 10.1 Å². The third-order valence-electron chi connectivity index (χ3n) is 3.06. The molecule has 1 saturated heterocycles. The number of ether oxygens (including phenoxy) is 2. The van der Waals surface area contributed by atoms with E-state index >= 15 is 0 Å². The van der Waals surface area contributed by atoms with Gasteiger partial charge in [-0.25, -0.2) is 4.79 Å². The van der Waals surface area contributed by atoms with Crippen LogP contribution in [0, 0.1) is 0 Å². The number of benzene rings is 1. The maximum atomic E-state index is 11.9. The maximum absolute atomic E-state index is 11.9. The average Bonchev–Trinajstić information content (AvgIpc) is 2.97. The summed E-state index contributed by atoms with van der Waals surface area (Å²) in [6.45, 7) is 1.26. The molecule has 1 aromatic rings. The standard InChI is InChI=1S/C14H17NO4/c1-18-14(17)11-5-2-4-10(8-11)13(16)15-9-12-6-3-7-19-12/h2,4-5,8,12H,3,6-7,9H2,1H3,(H,15,16). The Morgan fingerprint density at radius 3 is 2.89 bits per heavy atom. The molecule has 2 rings (SSSR count). The van der Waals surface area contributed by atoms with Gasteiger partial charge in [0.15, 0.2) is 0 Å². The Morgan fingerprint density at radius 2 is 2.21 bits per heavy atom. The highest BCUT2D eigenvalue weighted by Crippen LogP contribution is 2.11. The zero-order valence-corrected chi connectivity index (χ0v) is 10.8. The number of esters is 1. The van der Waals surface area contributed by atoms with Crippen molar-refractivity contribution < 1.29 is 19.1 Å². The second-order valence-electron chi connectivity index (χ2n) is 4.42. The fraction of sp³-hybridized carbons (Fsp3) is 0.429. The number of rotatable bonds is 4. The topological polar surface area (TPSA) is 64.6 Å². The number of hydrogen-bond donors (Lipinski definition) is 1. The Labute approximate surface area is 111 Å². The van der Waals surface area contributed by atoms with E-state index in [4.69, 9.17) is 4.74 Å². The molecule has 1 fully saturated rings. The second-order valence-corrected chi connectivity index (χ2v) is 4.42. The van der Waals surface area contributed by atoms with Crippen LogP contribution in [0.2, 0.25) is 0 Å². The molecule has 19 heavy (non-hydrogen) atoms. The van der Waals surface area contributed by atoms with Gasteiger partial charge in [-0.1, -0.05) is 6.07 Å². The van der Waals surface area contributed by atoms with Crippen molar-refractivity contribution in [3.05, 3.63) is 35.4 Å². The Balaban J connectivity index is 1.96. The first-order valence-corrected chi connectivity index (χ1v) is 6.29. The van der Waals surface area contributed by atoms with Crippen LogP contribution < -0.4 is 5.32 Å². The molecule has 0 spiro atoms. The number of carbonyl (C=O) groups is 2. The monoisotopic (exact) mass is 263 g/mol. The Bertz CT molecular complexity index is 466. The Morgan fingerprint density at radius 1 is 1.42 bits per heavy atom. The van der Waals surface area contributed by atoms with E-state index in [1.807, 2.05) is 0 Å². The fourth-order valence-electron chi connectivity index (χ4n) is 2.02. The number of methoxy groups -OCH3 is 1. The normalized spacial score (nSPS) is 18.1. The van der Waals surface area contributed by atoms with Gasteiger partial charge in [-0.3, -0.25) is 4.79 Å². The van der Waals surface area contributed by atoms with Gasteiger partial charge in [-0.2, -0.15) is 0 Å². The Kier molecular flexibility index (Phi) is 4.52. The van der Waals surface area contributed by atoms with Gasteiger partial charge in [0.1, 0.15) is 0 Å². The largest absolute Gasteiger partial charge is 0.465 e. The van der Waals surface area contributed by atoms with E-state index in [0.29, 0.717) is 17.7 Å². The first kappa shape index (κ1) is 13.5. The van der Waals surface area contributed by atoms with Crippen molar-refractivity contribution >= 4 is 11.9 Å². The van der Waals surface area contributed by atoms with Crippen molar-refractivity contribution in [1.82, 2.24) is 5.32 Å². The molecular formula is C14H17NO4. The molecule has 1 atom stereocenters. The van der Waals surface area contributed by atoms with Crippen molar-refractivity contribution in [3.8, 4) is 0 Å². The SMILES string of the molecule is COC(=O)c1cccc(C(=O)NCC2CCCO2)c1. The summed E-state index contributed by atoms with van der Waals surface area (Å²) >= 11 is 0. The highest BCUT2D eigenvalue weighted by molar-refractivity contribution is 5.97. The van der Waals surface area contributed by atoms with Gasteiger partial charge in [0.25, 0.3) is 5.91 Å². The van der Waals surface area contributed by atoms with Crippen LogP contribution in [-0.4, -0.2) is 38.2 Å². The Hall–Kier alpha value is -1.88. The predicted octanol–water partition coefficient (Wildman–Crippen LogP) is 1.38. The molecule has 5 heteroatoms. The van der Waals surface area contributed by atoms with Crippen molar-refractivity contribution in [2.24, 2.45) is 0 Å². The van der Waals surface area contributed by atoms with Crippen molar-refractivity contribution in [3.63, 3.8) is 0 Å². The minimum atomic E-state index is -0.450. The van der Waals surface area contributed by atoms with Gasteiger partial charge >= 0.3 is 5.97 Å². The molecule has 1 heterocycles. The summed E-state index contributed by atoms with van der Waals surface area (Å²) in [5.74, 6) is -0.657. The minimum Gasteiger partial charge on any atom is -0.465 e. The third-order valence-corrected chi connectivity index (χ3v) is 3.06. The van der Waals surface area contributed by atoms with Crippen LogP contribution in [-0.2, 0) is 9.47 Å². The van der Waals surface area contributed by atoms with Crippen molar-refractivity contribution in [2.75, 3.05) is 20.3 Å². The lowest BCUT2D eigenvalue weighted by Crippen LogP contribution is -2.31. The van der Waals surface area contributed by atoms with Gasteiger partial charge in [0.2, 0.25) is 0 Å². The first-order valence-electron chi connectivity index (χ1n) is 6.29. The highest BCUT2D eigenvalue weighted by atomic mass is 16.5. The van der Waals surface area contributed by atoms with E-state index in [0.717, 1.165) is 19.4 Å². The quantitative estimate of drug-likeness (QED) is 0.834. The second kappa shape index (κ2) is 6.33. The van der Waals surface area contributed by atoms with Crippen LogP contribution in [0.15, 0.2) is 24.3 Å². The molecule has 0 aliphatic carbocycles. The highest BCUT2D eigenvalue weighted by Gasteiger charge is 2.17. The number of carbonyl (C=O) groups excluding carboxylic acids is 2. The number of amides is 1. The summed E-state index contributed by atoms with van der Waals surface area (Å²) < 4.78 is 10.1. The van der Waals surface area contributed by atoms with Crippen LogP contribution in [0.1, 0.15) is 33.6 Å². The van der Waals surface area contributed by atoms with Gasteiger partial charge in [-0.15, -0.1) is 0 Å². The molecule has 1 aromatic carbocycles. The molecular weight excluding hydrogens is 246 g/mol. The zero-order chi connectivity index (χ0) is 13.7. The molecule has 1 unspecified atom stereocenters. The van der Waals surface area contributed by atoms with Gasteiger partial charge in [0.05, 0.1) is 18.8 Å². The van der Waals surface area contributed by atoms with Gasteiger partial charge < -0.3 is 14.8 Å². The predicted molar refractivity (Wildman–Crippen MR) is 69.1 cm³/mol. The van der Waals surface area contributed by atoms with E-state index in [9.17, 15) is 9.59 Å². The lowest BCUT2D eigenvalue weighted by atomic mass is 10.1. The van der Waals surface area contributed by atoms with Crippen LogP contribution in [0.4, 0.5) is 0 Å². The minimum absolute atomic E-state index is 0.104. The molecule has 102 valence electrons. The van der Waals surface area contributed by atoms with Gasteiger partial charge in [0, 0.05) is 18.7 Å². The van der Waals surface area contributed by atoms with Gasteiger partial charge in [-0.05, 0) is 31.0 Å². The van der Waals surface area contributed by atoms with Crippen LogP contribution in [0.25, 0.3) is 0 Å². The number of hydrogen-bond acceptors (Lipinski definition) is 4. The third kappa shape index (κ3) is 3.54. The van der Waals surface area contributed by atoms with E-state index in [1.54, 1.807) is 18.2 Å². The maximum Gasteiger partial charge on any atom is 0.337 e. The summed E-state index contributed by atoms with van der Waals surface area (Å²) in [6.07, 6.45) is 2.12. The molecule has 1 N–H and O–H groups in total. The fourth-order valence-corrected chi connectivity index (χ4v) is 2.02. The molecule has 1 aliphatic rings. The lowest BCUT2D eigenvalue weighted by molar-refractivity contribution is 0.0600. The first-order chi connectivity index (χ1) is 9.20. The molecule has 0 radical (unpaired) electrons. The summed E-state index contributed by atoms with van der Waals surface area (Å²) in [6, 6.07) is 6.46. The van der Waals surface area contributed by atoms with E-state index < -0.39 is 5.97 Å². The molecule has 1 amide bonds. The van der Waals surface area contributed by atoms with E-state index in [-0.39, 0.29) is 12.0 Å². The molecule has 0 bridgehead atoms. The average molecular weight is 263 g/mol. The van der Waals surface area contributed by atoms with E-state index in [1.165, 1.54) is 13.2 Å². The summed E-state index contributed by atoms with van der Waals surface area (Å²) in [7, 11) is 1.31. The van der Waals surface area contributed by atoms with Crippen LogP contribution in [0.3, 0.4) is 0 Å². The summed E-state index contributed by atoms with van der Waals surface area (Å²) in [4.78, 5) is 23.3. The van der Waals surface area contributed by atoms with Crippen LogP contribution in [0.5, 0.6) is 0 Å². The smallest absolute Gasteiger partial charge is 0.337 e. The molecule has 0 aromatic heterocycles. The molecule has 0 saturated carbocycles. The van der Waals surface area contributed by atoms with Crippen molar-refractivity contribution in [2.45, 2.75) is 18.9 Å². The van der Waals surface area contributed by atoms with Crippen molar-refractivity contribution in [1.29, 1.82) is 0 Å². The summed E-state index contributed by atoms with van der Waals surface area (Å²) in [5.41, 5.74) is 0.813. The summed E-state index contributed by atoms with van der Waals surface area (Å²) in [5, 5.41) is 2.81. The molecule has 5 nitrogen and oxygen atoms in total. The lowest BCUT2D eigenvalue weighted by Gasteiger charge is -2.11. The zero-order valence-electron chi connectivity index (χ0n) is 10.8. The van der Waals surface area contributed by atoms with Crippen LogP contribution >= 0.6 is 0 Å². The number of nitrogens with one attached hydrogen (secondary N) is 1.